The van der Waals surface area contributed by atoms with E-state index in [-0.39, 0.29) is 23.5 Å². The molecule has 2 heterocycles. The fourth-order valence-corrected chi connectivity index (χ4v) is 4.35. The summed E-state index contributed by atoms with van der Waals surface area (Å²) in [7, 11) is 0. The maximum absolute atomic E-state index is 12.8. The Bertz CT molecular complexity index is 974. The Balaban J connectivity index is 1.25. The first kappa shape index (κ1) is 24.2. The van der Waals surface area contributed by atoms with Crippen molar-refractivity contribution in [3.05, 3.63) is 71.3 Å². The minimum absolute atomic E-state index is 0.119. The highest BCUT2D eigenvalue weighted by Gasteiger charge is 2.32. The van der Waals surface area contributed by atoms with Gasteiger partial charge in [0.05, 0.1) is 24.7 Å². The molecule has 2 aliphatic rings. The van der Waals surface area contributed by atoms with Gasteiger partial charge in [0.2, 0.25) is 5.91 Å². The Morgan fingerprint density at radius 3 is 2.21 bits per heavy atom. The van der Waals surface area contributed by atoms with Crippen molar-refractivity contribution in [1.29, 1.82) is 0 Å². The van der Waals surface area contributed by atoms with Crippen molar-refractivity contribution in [2.24, 2.45) is 0 Å². The number of alkyl halides is 3. The van der Waals surface area contributed by atoms with E-state index in [2.05, 4.69) is 4.90 Å². The topological polar surface area (TPSA) is 53.1 Å². The highest BCUT2D eigenvalue weighted by molar-refractivity contribution is 5.94. The van der Waals surface area contributed by atoms with E-state index in [4.69, 9.17) is 4.74 Å². The normalized spacial score (nSPS) is 19.8. The molecule has 0 radical (unpaired) electrons. The first-order chi connectivity index (χ1) is 16.3. The Kier molecular flexibility index (Phi) is 7.53. The summed E-state index contributed by atoms with van der Waals surface area (Å²) in [6.07, 6.45) is -4.21. The van der Waals surface area contributed by atoms with Crippen LogP contribution in [0.4, 0.5) is 13.2 Å². The lowest BCUT2D eigenvalue weighted by Crippen LogP contribution is -2.54. The van der Waals surface area contributed by atoms with Crippen molar-refractivity contribution in [2.75, 3.05) is 52.4 Å². The van der Waals surface area contributed by atoms with Gasteiger partial charge < -0.3 is 14.5 Å². The average Bonchev–Trinajstić information content (AvgIpc) is 2.84. The molecule has 6 nitrogen and oxygen atoms in total. The van der Waals surface area contributed by atoms with Crippen LogP contribution in [0.5, 0.6) is 0 Å². The van der Waals surface area contributed by atoms with E-state index < -0.39 is 11.7 Å². The van der Waals surface area contributed by atoms with Gasteiger partial charge in [-0.05, 0) is 29.8 Å². The van der Waals surface area contributed by atoms with Crippen LogP contribution in [0, 0.1) is 0 Å². The predicted molar refractivity (Wildman–Crippen MR) is 120 cm³/mol. The van der Waals surface area contributed by atoms with E-state index in [1.807, 2.05) is 35.2 Å². The number of carbonyl (C=O) groups excluding carboxylic acids is 2. The van der Waals surface area contributed by atoms with Crippen molar-refractivity contribution >= 4 is 11.8 Å². The molecule has 1 unspecified atom stereocenters. The number of carbonyl (C=O) groups is 2. The highest BCUT2D eigenvalue weighted by Crippen LogP contribution is 2.29. The molecule has 2 saturated heterocycles. The second-order valence-corrected chi connectivity index (χ2v) is 8.66. The Morgan fingerprint density at radius 2 is 1.56 bits per heavy atom. The van der Waals surface area contributed by atoms with Gasteiger partial charge in [-0.25, -0.2) is 0 Å². The summed E-state index contributed by atoms with van der Waals surface area (Å²) in [4.78, 5) is 31.1. The molecule has 0 N–H and O–H groups in total. The molecule has 2 amide bonds. The summed E-state index contributed by atoms with van der Waals surface area (Å²) < 4.78 is 44.2. The number of rotatable bonds is 5. The maximum Gasteiger partial charge on any atom is 0.416 e. The second-order valence-electron chi connectivity index (χ2n) is 8.66. The number of nitrogens with zero attached hydrogens (tertiary/aromatic N) is 3. The van der Waals surface area contributed by atoms with Gasteiger partial charge in [0.1, 0.15) is 0 Å². The molecule has 0 aliphatic carbocycles. The quantitative estimate of drug-likeness (QED) is 0.668. The van der Waals surface area contributed by atoms with Crippen LogP contribution in [-0.2, 0) is 22.1 Å². The molecular formula is C25H28F3N3O3. The number of hydrogen-bond donors (Lipinski definition) is 0. The Labute approximate surface area is 196 Å². The summed E-state index contributed by atoms with van der Waals surface area (Å²) in [5, 5.41) is 0. The second kappa shape index (κ2) is 10.6. The van der Waals surface area contributed by atoms with E-state index in [9.17, 15) is 22.8 Å². The minimum Gasteiger partial charge on any atom is -0.373 e. The lowest BCUT2D eigenvalue weighted by atomic mass is 10.1. The van der Waals surface area contributed by atoms with Crippen LogP contribution in [0.2, 0.25) is 0 Å². The first-order valence-electron chi connectivity index (χ1n) is 11.4. The van der Waals surface area contributed by atoms with Gasteiger partial charge in [-0.15, -0.1) is 0 Å². The molecule has 1 atom stereocenters. The van der Waals surface area contributed by atoms with Gasteiger partial charge in [-0.3, -0.25) is 14.5 Å². The highest BCUT2D eigenvalue weighted by atomic mass is 19.4. The summed E-state index contributed by atoms with van der Waals surface area (Å²) in [6.45, 7) is 4.55. The largest absolute Gasteiger partial charge is 0.416 e. The Morgan fingerprint density at radius 1 is 0.882 bits per heavy atom. The molecule has 0 bridgehead atoms. The molecule has 2 aromatic carbocycles. The number of ether oxygens (including phenoxy) is 1. The predicted octanol–water partition coefficient (Wildman–Crippen LogP) is 2.93. The van der Waals surface area contributed by atoms with E-state index in [1.54, 1.807) is 4.90 Å². The zero-order valence-electron chi connectivity index (χ0n) is 18.8. The standard InChI is InChI=1S/C25H28F3N3O3/c26-25(27,28)21-8-6-20(7-9-21)24(33)31-14-15-34-22(18-31)17-29-10-12-30(13-11-29)23(32)16-19-4-2-1-3-5-19/h1-9,22H,10-18H2. The van der Waals surface area contributed by atoms with Crippen LogP contribution in [0.3, 0.4) is 0 Å². The van der Waals surface area contributed by atoms with Crippen LogP contribution < -0.4 is 0 Å². The summed E-state index contributed by atoms with van der Waals surface area (Å²) in [5.74, 6) is -0.175. The first-order valence-corrected chi connectivity index (χ1v) is 11.4. The number of benzene rings is 2. The number of hydrogen-bond acceptors (Lipinski definition) is 4. The zero-order chi connectivity index (χ0) is 24.1. The SMILES string of the molecule is O=C(Cc1ccccc1)N1CCN(CC2CN(C(=O)c3ccc(C(F)(F)F)cc3)CCO2)CC1. The molecule has 182 valence electrons. The fraction of sp³-hybridized carbons (Fsp3) is 0.440. The molecule has 2 aliphatic heterocycles. The molecular weight excluding hydrogens is 447 g/mol. The third-order valence-corrected chi connectivity index (χ3v) is 6.27. The van der Waals surface area contributed by atoms with Crippen molar-refractivity contribution in [2.45, 2.75) is 18.7 Å². The van der Waals surface area contributed by atoms with Crippen molar-refractivity contribution < 1.29 is 27.5 Å². The van der Waals surface area contributed by atoms with Gasteiger partial charge in [-0.1, -0.05) is 30.3 Å². The van der Waals surface area contributed by atoms with E-state index in [1.165, 1.54) is 12.1 Å². The third-order valence-electron chi connectivity index (χ3n) is 6.27. The monoisotopic (exact) mass is 475 g/mol. The number of amides is 2. The van der Waals surface area contributed by atoms with Gasteiger partial charge in [0.25, 0.3) is 5.91 Å². The van der Waals surface area contributed by atoms with Crippen LogP contribution in [0.1, 0.15) is 21.5 Å². The van der Waals surface area contributed by atoms with Crippen LogP contribution in [-0.4, -0.2) is 85.0 Å². The van der Waals surface area contributed by atoms with Crippen molar-refractivity contribution in [3.8, 4) is 0 Å². The molecule has 0 saturated carbocycles. The van der Waals surface area contributed by atoms with Crippen LogP contribution in [0.15, 0.2) is 54.6 Å². The van der Waals surface area contributed by atoms with Gasteiger partial charge >= 0.3 is 6.18 Å². The lowest BCUT2D eigenvalue weighted by molar-refractivity contribution is -0.137. The van der Waals surface area contributed by atoms with E-state index in [0.29, 0.717) is 45.8 Å². The van der Waals surface area contributed by atoms with Crippen LogP contribution >= 0.6 is 0 Å². The van der Waals surface area contributed by atoms with E-state index >= 15 is 0 Å². The molecule has 0 spiro atoms. The lowest BCUT2D eigenvalue weighted by Gasteiger charge is -2.39. The van der Waals surface area contributed by atoms with Crippen molar-refractivity contribution in [1.82, 2.24) is 14.7 Å². The minimum atomic E-state index is -4.43. The zero-order valence-corrected chi connectivity index (χ0v) is 18.8. The molecule has 4 rings (SSSR count). The number of piperazine rings is 1. The maximum atomic E-state index is 12.8. The molecule has 0 aromatic heterocycles. The molecule has 2 fully saturated rings. The fourth-order valence-electron chi connectivity index (χ4n) is 4.35. The van der Waals surface area contributed by atoms with E-state index in [0.717, 1.165) is 30.8 Å². The van der Waals surface area contributed by atoms with Crippen molar-refractivity contribution in [3.63, 3.8) is 0 Å². The average molecular weight is 476 g/mol. The summed E-state index contributed by atoms with van der Waals surface area (Å²) in [6, 6.07) is 14.0. The van der Waals surface area contributed by atoms with Gasteiger partial charge in [0, 0.05) is 51.4 Å². The van der Waals surface area contributed by atoms with Gasteiger partial charge in [-0.2, -0.15) is 13.2 Å². The number of morpholine rings is 1. The number of halogens is 3. The Hall–Kier alpha value is -2.91. The molecule has 9 heteroatoms. The smallest absolute Gasteiger partial charge is 0.373 e. The third kappa shape index (κ3) is 6.15. The molecule has 34 heavy (non-hydrogen) atoms. The molecule has 2 aromatic rings. The summed E-state index contributed by atoms with van der Waals surface area (Å²) in [5.41, 5.74) is 0.466. The van der Waals surface area contributed by atoms with Gasteiger partial charge in [0.15, 0.2) is 0 Å². The summed E-state index contributed by atoms with van der Waals surface area (Å²) >= 11 is 0. The van der Waals surface area contributed by atoms with Crippen LogP contribution in [0.25, 0.3) is 0 Å².